The van der Waals surface area contributed by atoms with Gasteiger partial charge in [-0.3, -0.25) is 0 Å². The van der Waals surface area contributed by atoms with Crippen molar-refractivity contribution >= 4 is 31.6 Å². The Morgan fingerprint density at radius 1 is 0.652 bits per heavy atom. The fourth-order valence-corrected chi connectivity index (χ4v) is 13.5. The predicted molar refractivity (Wildman–Crippen MR) is 99.2 cm³/mol. The molecule has 0 N–H and O–H groups in total. The Morgan fingerprint density at radius 3 is 1.70 bits per heavy atom. The molecule has 0 saturated heterocycles. The van der Waals surface area contributed by atoms with Crippen LogP contribution in [0.3, 0.4) is 0 Å². The van der Waals surface area contributed by atoms with Gasteiger partial charge < -0.3 is 0 Å². The third kappa shape index (κ3) is 2.98. The summed E-state index contributed by atoms with van der Waals surface area (Å²) >= 11 is -2.21. The molecule has 3 aromatic rings. The summed E-state index contributed by atoms with van der Waals surface area (Å²) in [5, 5.41) is 0. The van der Waals surface area contributed by atoms with Crippen molar-refractivity contribution in [3.63, 3.8) is 0 Å². The molecular formula is C21H20BiN. The molecule has 4 rings (SSSR count). The van der Waals surface area contributed by atoms with Gasteiger partial charge in [0.15, 0.2) is 0 Å². The molecule has 114 valence electrons. The summed E-state index contributed by atoms with van der Waals surface area (Å²) in [5.74, 6) is 0. The first-order chi connectivity index (χ1) is 11.3. The second-order valence-corrected chi connectivity index (χ2v) is 14.5. The van der Waals surface area contributed by atoms with Crippen molar-refractivity contribution in [3.05, 3.63) is 90.0 Å². The molecule has 1 aliphatic heterocycles. The van der Waals surface area contributed by atoms with E-state index < -0.39 is 21.8 Å². The number of benzene rings is 3. The minimum absolute atomic E-state index is 1.04. The summed E-state index contributed by atoms with van der Waals surface area (Å²) in [7, 11) is 2.23. The molecule has 2 heteroatoms. The number of rotatable bonds is 1. The topological polar surface area (TPSA) is 3.24 Å². The second-order valence-electron chi connectivity index (χ2n) is 6.10. The Hall–Kier alpha value is -1.50. The number of nitrogens with zero attached hydrogens (tertiary/aromatic N) is 1. The Bertz CT molecular complexity index is 763. The number of fused-ring (bicyclic) bond motifs is 2. The molecule has 0 spiro atoms. The summed E-state index contributed by atoms with van der Waals surface area (Å²) in [6, 6.07) is 29.4. The van der Waals surface area contributed by atoms with Gasteiger partial charge in [0.25, 0.3) is 0 Å². The Labute approximate surface area is 146 Å². The van der Waals surface area contributed by atoms with E-state index in [-0.39, 0.29) is 0 Å². The average molecular weight is 495 g/mol. The maximum atomic E-state index is 2.43. The van der Waals surface area contributed by atoms with Crippen molar-refractivity contribution in [3.8, 4) is 0 Å². The molecule has 0 bridgehead atoms. The van der Waals surface area contributed by atoms with Gasteiger partial charge in [-0.15, -0.1) is 0 Å². The molecule has 0 saturated carbocycles. The molecule has 1 nitrogen and oxygen atoms in total. The van der Waals surface area contributed by atoms with E-state index in [9.17, 15) is 0 Å². The molecule has 0 aromatic heterocycles. The molecule has 1 aliphatic rings. The predicted octanol–water partition coefficient (Wildman–Crippen LogP) is 2.15. The minimum atomic E-state index is -2.21. The first-order valence-corrected chi connectivity index (χ1v) is 13.2. The Kier molecular flexibility index (Phi) is 4.29. The van der Waals surface area contributed by atoms with Crippen LogP contribution >= 0.6 is 0 Å². The fraction of sp³-hybridized carbons (Fsp3) is 0.143. The molecule has 0 unspecified atom stereocenters. The van der Waals surface area contributed by atoms with E-state index in [0.717, 1.165) is 13.1 Å². The first-order valence-electron chi connectivity index (χ1n) is 8.02. The summed E-state index contributed by atoms with van der Waals surface area (Å²) in [5.41, 5.74) is 3.04. The van der Waals surface area contributed by atoms with Crippen molar-refractivity contribution in [1.29, 1.82) is 0 Å². The van der Waals surface area contributed by atoms with Gasteiger partial charge in [-0.05, 0) is 0 Å². The van der Waals surface area contributed by atoms with Crippen LogP contribution in [0.15, 0.2) is 78.9 Å². The van der Waals surface area contributed by atoms with Crippen molar-refractivity contribution in [2.45, 2.75) is 13.1 Å². The van der Waals surface area contributed by atoms with Crippen molar-refractivity contribution in [2.24, 2.45) is 0 Å². The second kappa shape index (κ2) is 6.55. The van der Waals surface area contributed by atoms with Crippen molar-refractivity contribution in [1.82, 2.24) is 4.90 Å². The zero-order chi connectivity index (χ0) is 15.6. The van der Waals surface area contributed by atoms with Crippen molar-refractivity contribution in [2.75, 3.05) is 7.05 Å². The van der Waals surface area contributed by atoms with Crippen LogP contribution in [0.2, 0.25) is 0 Å². The molecular weight excluding hydrogens is 475 g/mol. The molecule has 0 radical (unpaired) electrons. The Morgan fingerprint density at radius 2 is 1.13 bits per heavy atom. The summed E-state index contributed by atoms with van der Waals surface area (Å²) in [4.78, 5) is 2.43. The summed E-state index contributed by atoms with van der Waals surface area (Å²) < 4.78 is 4.84. The van der Waals surface area contributed by atoms with E-state index in [2.05, 4.69) is 90.8 Å². The van der Waals surface area contributed by atoms with E-state index in [1.165, 1.54) is 11.1 Å². The quantitative estimate of drug-likeness (QED) is 0.468. The van der Waals surface area contributed by atoms with Crippen molar-refractivity contribution < 1.29 is 0 Å². The summed E-state index contributed by atoms with van der Waals surface area (Å²) in [6.07, 6.45) is 0. The normalized spacial score (nSPS) is 15.3. The SMILES string of the molecule is CN1Cc2cccc[c]2[Bi]([c]2ccccc2)[c]2ccccc2C1. The van der Waals surface area contributed by atoms with E-state index in [4.69, 9.17) is 0 Å². The monoisotopic (exact) mass is 495 g/mol. The maximum absolute atomic E-state index is 2.43. The zero-order valence-corrected chi connectivity index (χ0v) is 16.8. The molecule has 23 heavy (non-hydrogen) atoms. The standard InChI is InChI=1S/C15H15N.C6H5.Bi/c1-16(12-14-8-4-2-5-9-14)13-15-10-6-3-7-11-15;1-2-4-6-5-3-1;/h2-8,10H,12-13H2,1H3;1-5H;. The van der Waals surface area contributed by atoms with E-state index in [1.54, 1.807) is 9.81 Å². The van der Waals surface area contributed by atoms with Gasteiger partial charge in [-0.2, -0.15) is 0 Å². The van der Waals surface area contributed by atoms with Gasteiger partial charge in [-0.25, -0.2) is 0 Å². The van der Waals surface area contributed by atoms with Crippen LogP contribution in [-0.2, 0) is 13.1 Å². The van der Waals surface area contributed by atoms with Crippen LogP contribution in [0.4, 0.5) is 0 Å². The number of hydrogen-bond donors (Lipinski definition) is 0. The van der Waals surface area contributed by atoms with E-state index in [0.29, 0.717) is 0 Å². The Balaban J connectivity index is 1.98. The van der Waals surface area contributed by atoms with Crippen LogP contribution in [0.25, 0.3) is 0 Å². The van der Waals surface area contributed by atoms with E-state index >= 15 is 0 Å². The van der Waals surface area contributed by atoms with E-state index in [1.807, 2.05) is 0 Å². The fourth-order valence-electron chi connectivity index (χ4n) is 3.35. The van der Waals surface area contributed by atoms with Gasteiger partial charge in [0.05, 0.1) is 0 Å². The van der Waals surface area contributed by atoms with Gasteiger partial charge >= 0.3 is 147 Å². The van der Waals surface area contributed by atoms with Gasteiger partial charge in [0, 0.05) is 0 Å². The van der Waals surface area contributed by atoms with Gasteiger partial charge in [-0.1, -0.05) is 0 Å². The zero-order valence-electron chi connectivity index (χ0n) is 13.3. The summed E-state index contributed by atoms with van der Waals surface area (Å²) in [6.45, 7) is 2.09. The van der Waals surface area contributed by atoms with Gasteiger partial charge in [0.2, 0.25) is 0 Å². The molecule has 0 aliphatic carbocycles. The molecule has 0 atom stereocenters. The van der Waals surface area contributed by atoms with Crippen LogP contribution in [-0.4, -0.2) is 33.7 Å². The van der Waals surface area contributed by atoms with Crippen LogP contribution in [0.1, 0.15) is 11.1 Å². The molecule has 1 heterocycles. The number of hydrogen-bond acceptors (Lipinski definition) is 1. The molecule has 0 amide bonds. The van der Waals surface area contributed by atoms with Crippen LogP contribution in [0, 0.1) is 0 Å². The average Bonchev–Trinajstić information content (AvgIpc) is 2.57. The molecule has 3 aromatic carbocycles. The first kappa shape index (κ1) is 15.1. The molecule has 0 fully saturated rings. The van der Waals surface area contributed by atoms with Gasteiger partial charge in [0.1, 0.15) is 0 Å². The van der Waals surface area contributed by atoms with Crippen LogP contribution < -0.4 is 9.81 Å². The van der Waals surface area contributed by atoms with Crippen LogP contribution in [0.5, 0.6) is 0 Å². The third-order valence-electron chi connectivity index (χ3n) is 4.36. The third-order valence-corrected chi connectivity index (χ3v) is 14.7.